The highest BCUT2D eigenvalue weighted by Gasteiger charge is 2.45. The van der Waals surface area contributed by atoms with Crippen molar-refractivity contribution in [3.8, 4) is 6.07 Å². The van der Waals surface area contributed by atoms with Crippen molar-refractivity contribution < 1.29 is 21.6 Å². The van der Waals surface area contributed by atoms with Gasteiger partial charge >= 0.3 is 6.18 Å². The van der Waals surface area contributed by atoms with Gasteiger partial charge in [-0.2, -0.15) is 22.7 Å². The Morgan fingerprint density at radius 2 is 1.96 bits per heavy atom. The number of benzene rings is 1. The minimum absolute atomic E-state index is 0.0558. The molecule has 0 spiro atoms. The molecule has 2 N–H and O–H groups in total. The van der Waals surface area contributed by atoms with E-state index in [1.165, 1.54) is 10.4 Å². The minimum atomic E-state index is -4.79. The molecule has 1 saturated heterocycles. The highest BCUT2D eigenvalue weighted by molar-refractivity contribution is 7.89. The van der Waals surface area contributed by atoms with Crippen molar-refractivity contribution in [1.29, 1.82) is 5.26 Å². The first-order valence-electron chi connectivity index (χ1n) is 7.51. The summed E-state index contributed by atoms with van der Waals surface area (Å²) in [6.07, 6.45) is -3.11. The first-order chi connectivity index (χ1) is 11.1. The molecule has 1 heterocycles. The molecule has 0 bridgehead atoms. The first kappa shape index (κ1) is 17.2. The van der Waals surface area contributed by atoms with Gasteiger partial charge in [-0.25, -0.2) is 8.42 Å². The van der Waals surface area contributed by atoms with Crippen molar-refractivity contribution in [3.63, 3.8) is 0 Å². The van der Waals surface area contributed by atoms with Crippen LogP contribution in [0.1, 0.15) is 24.0 Å². The van der Waals surface area contributed by atoms with E-state index in [-0.39, 0.29) is 31.0 Å². The lowest BCUT2D eigenvalue weighted by Crippen LogP contribution is -2.33. The van der Waals surface area contributed by atoms with Crippen LogP contribution < -0.4 is 5.73 Å². The van der Waals surface area contributed by atoms with Crippen LogP contribution in [0.25, 0.3) is 0 Å². The Morgan fingerprint density at radius 3 is 2.54 bits per heavy atom. The molecular formula is C15H16F3N3O2S. The zero-order valence-electron chi connectivity index (χ0n) is 12.6. The summed E-state index contributed by atoms with van der Waals surface area (Å²) in [5.74, 6) is 0.218. The number of hydrogen-bond acceptors (Lipinski definition) is 4. The molecule has 3 atom stereocenters. The van der Waals surface area contributed by atoms with E-state index in [0.717, 1.165) is 25.0 Å². The molecule has 3 unspecified atom stereocenters. The molecule has 1 aromatic rings. The molecule has 3 rings (SSSR count). The molecule has 1 aliphatic heterocycles. The molecule has 2 fully saturated rings. The van der Waals surface area contributed by atoms with Crippen LogP contribution in [0.2, 0.25) is 0 Å². The van der Waals surface area contributed by atoms with Gasteiger partial charge < -0.3 is 5.73 Å². The average molecular weight is 359 g/mol. The predicted molar refractivity (Wildman–Crippen MR) is 79.1 cm³/mol. The maximum atomic E-state index is 13.0. The summed E-state index contributed by atoms with van der Waals surface area (Å²) in [5.41, 5.74) is 4.15. The lowest BCUT2D eigenvalue weighted by atomic mass is 9.98. The third-order valence-corrected chi connectivity index (χ3v) is 6.76. The predicted octanol–water partition coefficient (Wildman–Crippen LogP) is 1.93. The maximum Gasteiger partial charge on any atom is 0.417 e. The van der Waals surface area contributed by atoms with E-state index in [1.54, 1.807) is 0 Å². The number of halogens is 3. The van der Waals surface area contributed by atoms with E-state index in [1.807, 2.05) is 0 Å². The van der Waals surface area contributed by atoms with E-state index in [4.69, 9.17) is 11.0 Å². The molecular weight excluding hydrogens is 343 g/mol. The number of nitriles is 1. The molecule has 130 valence electrons. The third kappa shape index (κ3) is 2.79. The van der Waals surface area contributed by atoms with Gasteiger partial charge in [0.25, 0.3) is 0 Å². The lowest BCUT2D eigenvalue weighted by Gasteiger charge is -2.19. The highest BCUT2D eigenvalue weighted by Crippen LogP contribution is 2.40. The summed E-state index contributed by atoms with van der Waals surface area (Å²) in [4.78, 5) is -0.442. The monoisotopic (exact) mass is 359 g/mol. The van der Waals surface area contributed by atoms with Crippen LogP contribution in [0.4, 0.5) is 13.2 Å². The molecule has 24 heavy (non-hydrogen) atoms. The van der Waals surface area contributed by atoms with Crippen molar-refractivity contribution in [2.75, 3.05) is 13.1 Å². The molecule has 1 aliphatic carbocycles. The Hall–Kier alpha value is -1.63. The average Bonchev–Trinajstić information content (AvgIpc) is 3.08. The molecule has 0 radical (unpaired) electrons. The van der Waals surface area contributed by atoms with E-state index in [9.17, 15) is 21.6 Å². The SMILES string of the molecule is N#Cc1ccc(S(=O)(=O)N2CC3CCC(N)C3C2)cc1C(F)(F)F. The van der Waals surface area contributed by atoms with Gasteiger partial charge in [-0.1, -0.05) is 0 Å². The van der Waals surface area contributed by atoms with Crippen LogP contribution in [-0.2, 0) is 16.2 Å². The smallest absolute Gasteiger partial charge is 0.327 e. The summed E-state index contributed by atoms with van der Waals surface area (Å²) in [5, 5.41) is 8.80. The summed E-state index contributed by atoms with van der Waals surface area (Å²) >= 11 is 0. The van der Waals surface area contributed by atoms with Gasteiger partial charge in [0.2, 0.25) is 10.0 Å². The van der Waals surface area contributed by atoms with Gasteiger partial charge in [0.15, 0.2) is 0 Å². The number of rotatable bonds is 2. The molecule has 0 amide bonds. The zero-order valence-corrected chi connectivity index (χ0v) is 13.4. The van der Waals surface area contributed by atoms with Crippen molar-refractivity contribution >= 4 is 10.0 Å². The Morgan fingerprint density at radius 1 is 1.25 bits per heavy atom. The van der Waals surface area contributed by atoms with Crippen molar-refractivity contribution in [3.05, 3.63) is 29.3 Å². The van der Waals surface area contributed by atoms with Gasteiger partial charge in [-0.15, -0.1) is 0 Å². The van der Waals surface area contributed by atoms with Crippen LogP contribution in [0.15, 0.2) is 23.1 Å². The van der Waals surface area contributed by atoms with Gasteiger partial charge in [0.1, 0.15) is 0 Å². The summed E-state index contributed by atoms with van der Waals surface area (Å²) in [6.45, 7) is 0.511. The number of hydrogen-bond donors (Lipinski definition) is 1. The fourth-order valence-corrected chi connectivity index (χ4v) is 5.19. The zero-order chi connectivity index (χ0) is 17.7. The minimum Gasteiger partial charge on any atom is -0.327 e. The van der Waals surface area contributed by atoms with Crippen LogP contribution in [0, 0.1) is 23.2 Å². The van der Waals surface area contributed by atoms with Crippen LogP contribution in [0.5, 0.6) is 0 Å². The summed E-state index contributed by atoms with van der Waals surface area (Å²) in [6, 6.07) is 3.87. The Balaban J connectivity index is 1.95. The Kier molecular flexibility index (Phi) is 4.10. The van der Waals surface area contributed by atoms with E-state index >= 15 is 0 Å². The second-order valence-electron chi connectivity index (χ2n) is 6.30. The standard InChI is InChI=1S/C15H16F3N3O2S/c16-15(17,18)13-5-11(3-1-9(13)6-19)24(22,23)21-7-10-2-4-14(20)12(10)8-21/h1,3,5,10,12,14H,2,4,7-8,20H2. The van der Waals surface area contributed by atoms with Crippen LogP contribution >= 0.6 is 0 Å². The summed E-state index contributed by atoms with van der Waals surface area (Å²) < 4.78 is 65.7. The molecule has 0 aromatic heterocycles. The van der Waals surface area contributed by atoms with Crippen molar-refractivity contribution in [2.45, 2.75) is 30.0 Å². The van der Waals surface area contributed by atoms with E-state index in [0.29, 0.717) is 6.07 Å². The van der Waals surface area contributed by atoms with Gasteiger partial charge in [-0.3, -0.25) is 0 Å². The Bertz CT molecular complexity index is 801. The number of alkyl halides is 3. The summed E-state index contributed by atoms with van der Waals surface area (Å²) in [7, 11) is -4.04. The number of sulfonamides is 1. The first-order valence-corrected chi connectivity index (χ1v) is 8.95. The quantitative estimate of drug-likeness (QED) is 0.874. The molecule has 9 heteroatoms. The molecule has 1 aromatic carbocycles. The maximum absolute atomic E-state index is 13.0. The lowest BCUT2D eigenvalue weighted by molar-refractivity contribution is -0.137. The third-order valence-electron chi connectivity index (χ3n) is 4.93. The normalized spacial score (nSPS) is 27.9. The second-order valence-corrected chi connectivity index (χ2v) is 8.24. The fraction of sp³-hybridized carbons (Fsp3) is 0.533. The van der Waals surface area contributed by atoms with Gasteiger partial charge in [-0.05, 0) is 42.9 Å². The van der Waals surface area contributed by atoms with Crippen molar-refractivity contribution in [1.82, 2.24) is 4.31 Å². The number of fused-ring (bicyclic) bond motifs is 1. The number of nitrogens with zero attached hydrogens (tertiary/aromatic N) is 2. The molecule has 5 nitrogen and oxygen atoms in total. The topological polar surface area (TPSA) is 87.2 Å². The molecule has 2 aliphatic rings. The molecule has 1 saturated carbocycles. The second kappa shape index (κ2) is 5.72. The van der Waals surface area contributed by atoms with Crippen LogP contribution in [0.3, 0.4) is 0 Å². The van der Waals surface area contributed by atoms with Gasteiger partial charge in [0, 0.05) is 19.1 Å². The van der Waals surface area contributed by atoms with Crippen molar-refractivity contribution in [2.24, 2.45) is 17.6 Å². The largest absolute Gasteiger partial charge is 0.417 e. The fourth-order valence-electron chi connectivity index (χ4n) is 3.63. The van der Waals surface area contributed by atoms with E-state index < -0.39 is 32.2 Å². The Labute approximate surface area is 137 Å². The number of nitrogens with two attached hydrogens (primary N) is 1. The highest BCUT2D eigenvalue weighted by atomic mass is 32.2. The van der Waals surface area contributed by atoms with Crippen LogP contribution in [-0.4, -0.2) is 31.9 Å². The van der Waals surface area contributed by atoms with Gasteiger partial charge in [0.05, 0.1) is 22.1 Å². The van der Waals surface area contributed by atoms with E-state index in [2.05, 4.69) is 0 Å².